The topological polar surface area (TPSA) is 25.8 Å². The molecule has 1 aliphatic rings. The van der Waals surface area contributed by atoms with Gasteiger partial charge in [-0.05, 0) is 67.6 Å². The van der Waals surface area contributed by atoms with E-state index in [9.17, 15) is 0 Å². The van der Waals surface area contributed by atoms with E-state index in [2.05, 4.69) is 50.5 Å². The summed E-state index contributed by atoms with van der Waals surface area (Å²) in [6.07, 6.45) is 18.2. The molecule has 2 aromatic rings. The van der Waals surface area contributed by atoms with E-state index in [1.54, 1.807) is 0 Å². The first-order valence-corrected chi connectivity index (χ1v) is 11.2. The third-order valence-electron chi connectivity index (χ3n) is 6.29. The Hall–Kier alpha value is -1.70. The Labute approximate surface area is 165 Å². The van der Waals surface area contributed by atoms with Crippen molar-refractivity contribution in [2.45, 2.75) is 90.4 Å². The Bertz CT molecular complexity index is 652. The molecule has 0 saturated heterocycles. The molecule has 27 heavy (non-hydrogen) atoms. The van der Waals surface area contributed by atoms with Gasteiger partial charge in [-0.1, -0.05) is 63.8 Å². The summed E-state index contributed by atoms with van der Waals surface area (Å²) in [7, 11) is 0. The van der Waals surface area contributed by atoms with Gasteiger partial charge in [0.2, 0.25) is 0 Å². The molecule has 1 aliphatic carbocycles. The van der Waals surface area contributed by atoms with Gasteiger partial charge in [0.25, 0.3) is 0 Å². The zero-order valence-corrected chi connectivity index (χ0v) is 17.3. The Balaban J connectivity index is 1.44. The summed E-state index contributed by atoms with van der Waals surface area (Å²) in [5.74, 6) is 2.62. The summed E-state index contributed by atoms with van der Waals surface area (Å²) in [5.41, 5.74) is 4.07. The quantitative estimate of drug-likeness (QED) is 0.464. The van der Waals surface area contributed by atoms with Gasteiger partial charge < -0.3 is 0 Å². The molecule has 1 fully saturated rings. The normalized spacial score (nSPS) is 19.9. The maximum atomic E-state index is 4.73. The van der Waals surface area contributed by atoms with Crippen molar-refractivity contribution in [2.75, 3.05) is 0 Å². The molecule has 0 unspecified atom stereocenters. The lowest BCUT2D eigenvalue weighted by molar-refractivity contribution is 0.297. The molecule has 0 spiro atoms. The number of hydrogen-bond acceptors (Lipinski definition) is 2. The molecule has 146 valence electrons. The molecule has 0 bridgehead atoms. The van der Waals surface area contributed by atoms with Crippen LogP contribution in [0, 0.1) is 5.92 Å². The summed E-state index contributed by atoms with van der Waals surface area (Å²) >= 11 is 0. The first-order chi connectivity index (χ1) is 13.3. The average molecular weight is 365 g/mol. The predicted octanol–water partition coefficient (Wildman–Crippen LogP) is 6.68. The molecule has 3 rings (SSSR count). The molecule has 0 amide bonds. The zero-order chi connectivity index (χ0) is 18.9. The Morgan fingerprint density at radius 1 is 0.778 bits per heavy atom. The van der Waals surface area contributed by atoms with E-state index in [0.29, 0.717) is 5.92 Å². The number of aromatic nitrogens is 2. The van der Waals surface area contributed by atoms with Crippen LogP contribution in [0.4, 0.5) is 0 Å². The third-order valence-corrected chi connectivity index (χ3v) is 6.29. The predicted molar refractivity (Wildman–Crippen MR) is 114 cm³/mol. The van der Waals surface area contributed by atoms with Gasteiger partial charge in [-0.2, -0.15) is 0 Å². The molecule has 1 aromatic heterocycles. The van der Waals surface area contributed by atoms with Crippen molar-refractivity contribution in [1.29, 1.82) is 0 Å². The summed E-state index contributed by atoms with van der Waals surface area (Å²) in [5, 5.41) is 0. The number of nitrogens with zero attached hydrogens (tertiary/aromatic N) is 2. The largest absolute Gasteiger partial charge is 0.241 e. The molecule has 1 heterocycles. The van der Waals surface area contributed by atoms with Gasteiger partial charge in [0.05, 0.1) is 0 Å². The first kappa shape index (κ1) is 20.0. The van der Waals surface area contributed by atoms with Gasteiger partial charge in [0.1, 0.15) is 5.82 Å². The second-order valence-corrected chi connectivity index (χ2v) is 8.33. The number of unbranched alkanes of at least 4 members (excludes halogenated alkanes) is 2. The van der Waals surface area contributed by atoms with Gasteiger partial charge >= 0.3 is 0 Å². The highest BCUT2D eigenvalue weighted by Gasteiger charge is 2.23. The molecular formula is C25H36N2. The van der Waals surface area contributed by atoms with Crippen LogP contribution in [0.5, 0.6) is 0 Å². The fourth-order valence-electron chi connectivity index (χ4n) is 4.33. The van der Waals surface area contributed by atoms with Crippen molar-refractivity contribution in [1.82, 2.24) is 9.97 Å². The lowest BCUT2D eigenvalue weighted by Gasteiger charge is -2.27. The van der Waals surface area contributed by atoms with Crippen LogP contribution >= 0.6 is 0 Å². The fourth-order valence-corrected chi connectivity index (χ4v) is 4.33. The van der Waals surface area contributed by atoms with Crippen molar-refractivity contribution in [3.8, 4) is 0 Å². The van der Waals surface area contributed by atoms with Gasteiger partial charge in [-0.3, -0.25) is 0 Å². The average Bonchev–Trinajstić information content (AvgIpc) is 2.74. The minimum atomic E-state index is 0.586. The molecule has 1 saturated carbocycles. The second kappa shape index (κ2) is 10.6. The van der Waals surface area contributed by atoms with Crippen molar-refractivity contribution in [3.05, 3.63) is 59.2 Å². The lowest BCUT2D eigenvalue weighted by atomic mass is 9.79. The summed E-state index contributed by atoms with van der Waals surface area (Å²) < 4.78 is 0. The highest BCUT2D eigenvalue weighted by Crippen LogP contribution is 2.36. The van der Waals surface area contributed by atoms with Gasteiger partial charge in [-0.15, -0.1) is 0 Å². The molecule has 2 heteroatoms. The maximum absolute atomic E-state index is 4.73. The Morgan fingerprint density at radius 2 is 1.41 bits per heavy atom. The van der Waals surface area contributed by atoms with Crippen LogP contribution in [0.1, 0.15) is 93.6 Å². The van der Waals surface area contributed by atoms with E-state index >= 15 is 0 Å². The van der Waals surface area contributed by atoms with Crippen LogP contribution in [0.2, 0.25) is 0 Å². The van der Waals surface area contributed by atoms with Gasteiger partial charge in [-0.25, -0.2) is 9.97 Å². The van der Waals surface area contributed by atoms with Gasteiger partial charge in [0.15, 0.2) is 0 Å². The first-order valence-electron chi connectivity index (χ1n) is 11.2. The number of hydrogen-bond donors (Lipinski definition) is 0. The van der Waals surface area contributed by atoms with Crippen LogP contribution < -0.4 is 0 Å². The molecule has 1 aromatic carbocycles. The summed E-state index contributed by atoms with van der Waals surface area (Å²) in [6.45, 7) is 4.49. The number of rotatable bonds is 9. The van der Waals surface area contributed by atoms with E-state index in [1.165, 1.54) is 68.1 Å². The van der Waals surface area contributed by atoms with E-state index in [1.807, 2.05) is 0 Å². The lowest BCUT2D eigenvalue weighted by Crippen LogP contribution is -2.15. The Kier molecular flexibility index (Phi) is 7.86. The molecule has 2 nitrogen and oxygen atoms in total. The SMILES string of the molecule is CCCCC[C@H]1CC[C@H](c2ncc(CCc3ccc(CC)cc3)cn2)CC1. The molecule has 0 radical (unpaired) electrons. The van der Waals surface area contributed by atoms with E-state index in [4.69, 9.17) is 9.97 Å². The zero-order valence-electron chi connectivity index (χ0n) is 17.3. The van der Waals surface area contributed by atoms with E-state index < -0.39 is 0 Å². The molecule has 0 atom stereocenters. The highest BCUT2D eigenvalue weighted by molar-refractivity contribution is 5.23. The second-order valence-electron chi connectivity index (χ2n) is 8.33. The molecular weight excluding hydrogens is 328 g/mol. The molecule has 0 N–H and O–H groups in total. The maximum Gasteiger partial charge on any atom is 0.131 e. The minimum absolute atomic E-state index is 0.586. The minimum Gasteiger partial charge on any atom is -0.241 e. The van der Waals surface area contributed by atoms with Crippen LogP contribution in [0.25, 0.3) is 0 Å². The number of benzene rings is 1. The highest BCUT2D eigenvalue weighted by atomic mass is 14.9. The number of aryl methyl sites for hydroxylation is 3. The third kappa shape index (κ3) is 6.16. The van der Waals surface area contributed by atoms with Crippen LogP contribution in [-0.4, -0.2) is 9.97 Å². The fraction of sp³-hybridized carbons (Fsp3) is 0.600. The van der Waals surface area contributed by atoms with Crippen LogP contribution in [0.15, 0.2) is 36.7 Å². The van der Waals surface area contributed by atoms with E-state index in [-0.39, 0.29) is 0 Å². The summed E-state index contributed by atoms with van der Waals surface area (Å²) in [6, 6.07) is 9.00. The van der Waals surface area contributed by atoms with Crippen molar-refractivity contribution < 1.29 is 0 Å². The summed E-state index contributed by atoms with van der Waals surface area (Å²) in [4.78, 5) is 9.46. The van der Waals surface area contributed by atoms with Crippen molar-refractivity contribution >= 4 is 0 Å². The van der Waals surface area contributed by atoms with Gasteiger partial charge in [0, 0.05) is 18.3 Å². The monoisotopic (exact) mass is 364 g/mol. The van der Waals surface area contributed by atoms with Crippen LogP contribution in [0.3, 0.4) is 0 Å². The van der Waals surface area contributed by atoms with Crippen LogP contribution in [-0.2, 0) is 19.3 Å². The smallest absolute Gasteiger partial charge is 0.131 e. The molecule has 0 aliphatic heterocycles. The van der Waals surface area contributed by atoms with Crippen molar-refractivity contribution in [3.63, 3.8) is 0 Å². The van der Waals surface area contributed by atoms with E-state index in [0.717, 1.165) is 31.0 Å². The Morgan fingerprint density at radius 3 is 2.04 bits per heavy atom. The standard InChI is InChI=1S/C25H36N2/c1-3-5-6-7-21-14-16-24(17-15-21)25-26-18-23(19-27-25)13-12-22-10-8-20(4-2)9-11-22/h8-11,18-19,21,24H,3-7,12-17H2,1-2H3/t21-,24-. The van der Waals surface area contributed by atoms with Crippen molar-refractivity contribution in [2.24, 2.45) is 5.92 Å².